The molecule has 2 aromatic rings. The lowest BCUT2D eigenvalue weighted by Crippen LogP contribution is -2.35. The van der Waals surface area contributed by atoms with Crippen molar-refractivity contribution >= 4 is 23.3 Å². The average molecular weight is 344 g/mol. The quantitative estimate of drug-likeness (QED) is 0.895. The van der Waals surface area contributed by atoms with Crippen molar-refractivity contribution < 1.29 is 4.79 Å². The molecule has 5 heteroatoms. The third kappa shape index (κ3) is 3.39. The van der Waals surface area contributed by atoms with Crippen molar-refractivity contribution in [3.63, 3.8) is 0 Å². The van der Waals surface area contributed by atoms with Gasteiger partial charge in [-0.05, 0) is 43.0 Å². The molecule has 1 saturated heterocycles. The minimum absolute atomic E-state index is 0.113. The molecule has 0 unspecified atom stereocenters. The Labute approximate surface area is 147 Å². The fraction of sp³-hybridized carbons (Fsp3) is 0.368. The largest absolute Gasteiger partial charge is 0.382 e. The number of benzene rings is 1. The number of nitrogens with zero attached hydrogens (tertiary/aromatic N) is 2. The molecule has 1 amide bonds. The van der Waals surface area contributed by atoms with Crippen LogP contribution in [-0.2, 0) is 0 Å². The predicted molar refractivity (Wildman–Crippen MR) is 98.1 cm³/mol. The Morgan fingerprint density at radius 1 is 1.38 bits per heavy atom. The van der Waals surface area contributed by atoms with Crippen LogP contribution in [0.5, 0.6) is 0 Å². The minimum Gasteiger partial charge on any atom is -0.382 e. The number of carbonyl (C=O) groups is 1. The topological polar surface area (TPSA) is 59.2 Å². The van der Waals surface area contributed by atoms with E-state index in [1.807, 2.05) is 29.2 Å². The first-order valence-corrected chi connectivity index (χ1v) is 8.80. The van der Waals surface area contributed by atoms with Gasteiger partial charge in [-0.15, -0.1) is 0 Å². The normalized spacial score (nSPS) is 17.2. The first-order valence-electron chi connectivity index (χ1n) is 8.42. The van der Waals surface area contributed by atoms with Crippen LogP contribution in [0.3, 0.4) is 0 Å². The first-order chi connectivity index (χ1) is 11.6. The molecule has 4 nitrogen and oxygen atoms in total. The maximum atomic E-state index is 12.9. The molecule has 1 aromatic heterocycles. The van der Waals surface area contributed by atoms with Gasteiger partial charge in [0.25, 0.3) is 5.91 Å². The van der Waals surface area contributed by atoms with Crippen LogP contribution in [0.15, 0.2) is 36.5 Å². The first kappa shape index (κ1) is 16.8. The number of aromatic nitrogens is 1. The Morgan fingerprint density at radius 2 is 2.21 bits per heavy atom. The van der Waals surface area contributed by atoms with Crippen LogP contribution in [0, 0.1) is 0 Å². The molecule has 2 N–H and O–H groups in total. The lowest BCUT2D eigenvalue weighted by atomic mass is 10.0. The SMILES string of the molecule is CCC[C@H]1CCCN1C(=O)c1cccc(-c2cnc(N)c(Cl)c2)c1. The second-order valence-corrected chi connectivity index (χ2v) is 6.66. The van der Waals surface area contributed by atoms with Crippen molar-refractivity contribution in [2.24, 2.45) is 0 Å². The van der Waals surface area contributed by atoms with Crippen molar-refractivity contribution in [1.29, 1.82) is 0 Å². The Kier molecular flexibility index (Phi) is 5.05. The van der Waals surface area contributed by atoms with E-state index in [-0.39, 0.29) is 5.91 Å². The van der Waals surface area contributed by atoms with Gasteiger partial charge in [0, 0.05) is 29.9 Å². The predicted octanol–water partition coefficient (Wildman–Crippen LogP) is 4.39. The molecule has 1 atom stereocenters. The van der Waals surface area contributed by atoms with Crippen LogP contribution in [0.25, 0.3) is 11.1 Å². The third-order valence-corrected chi connectivity index (χ3v) is 4.88. The maximum absolute atomic E-state index is 12.9. The highest BCUT2D eigenvalue weighted by Crippen LogP contribution is 2.28. The van der Waals surface area contributed by atoms with Crippen molar-refractivity contribution in [3.05, 3.63) is 47.1 Å². The summed E-state index contributed by atoms with van der Waals surface area (Å²) in [4.78, 5) is 19.0. The van der Waals surface area contributed by atoms with Crippen LogP contribution in [-0.4, -0.2) is 28.4 Å². The summed E-state index contributed by atoms with van der Waals surface area (Å²) in [6.45, 7) is 3.02. The van der Waals surface area contributed by atoms with Crippen molar-refractivity contribution in [1.82, 2.24) is 9.88 Å². The molecule has 24 heavy (non-hydrogen) atoms. The lowest BCUT2D eigenvalue weighted by molar-refractivity contribution is 0.0730. The van der Waals surface area contributed by atoms with E-state index < -0.39 is 0 Å². The molecule has 0 radical (unpaired) electrons. The van der Waals surface area contributed by atoms with E-state index in [9.17, 15) is 4.79 Å². The van der Waals surface area contributed by atoms with E-state index in [1.54, 1.807) is 12.3 Å². The molecule has 126 valence electrons. The summed E-state index contributed by atoms with van der Waals surface area (Å²) in [7, 11) is 0. The zero-order valence-corrected chi connectivity index (χ0v) is 14.6. The summed E-state index contributed by atoms with van der Waals surface area (Å²) in [6.07, 6.45) is 6.05. The standard InChI is InChI=1S/C19H22ClN3O/c1-2-5-16-8-4-9-23(16)19(24)14-7-3-6-13(10-14)15-11-17(20)18(21)22-12-15/h3,6-7,10-12,16H,2,4-5,8-9H2,1H3,(H2,21,22)/t16-/m0/s1. The molecule has 0 aliphatic carbocycles. The van der Waals surface area contributed by atoms with E-state index in [0.29, 0.717) is 22.4 Å². The summed E-state index contributed by atoms with van der Waals surface area (Å²) >= 11 is 6.06. The summed E-state index contributed by atoms with van der Waals surface area (Å²) in [5.41, 5.74) is 8.15. The molecule has 0 bridgehead atoms. The van der Waals surface area contributed by atoms with Gasteiger partial charge in [-0.2, -0.15) is 0 Å². The molecule has 0 spiro atoms. The fourth-order valence-electron chi connectivity index (χ4n) is 3.34. The van der Waals surface area contributed by atoms with Crippen LogP contribution in [0.4, 0.5) is 5.82 Å². The van der Waals surface area contributed by atoms with Gasteiger partial charge in [-0.1, -0.05) is 37.1 Å². The smallest absolute Gasteiger partial charge is 0.254 e. The van der Waals surface area contributed by atoms with Crippen LogP contribution < -0.4 is 5.73 Å². The van der Waals surface area contributed by atoms with E-state index in [2.05, 4.69) is 11.9 Å². The van der Waals surface area contributed by atoms with Gasteiger partial charge in [0.2, 0.25) is 0 Å². The molecule has 3 rings (SSSR count). The number of hydrogen-bond donors (Lipinski definition) is 1. The zero-order valence-electron chi connectivity index (χ0n) is 13.8. The van der Waals surface area contributed by atoms with E-state index in [1.165, 1.54) is 0 Å². The molecule has 1 aromatic carbocycles. The molecular formula is C19H22ClN3O. The number of likely N-dealkylation sites (tertiary alicyclic amines) is 1. The second kappa shape index (κ2) is 7.22. The Morgan fingerprint density at radius 3 is 2.96 bits per heavy atom. The summed E-state index contributed by atoms with van der Waals surface area (Å²) < 4.78 is 0. The second-order valence-electron chi connectivity index (χ2n) is 6.26. The zero-order chi connectivity index (χ0) is 17.1. The van der Waals surface area contributed by atoms with Crippen molar-refractivity contribution in [2.45, 2.75) is 38.6 Å². The number of rotatable bonds is 4. The number of anilines is 1. The van der Waals surface area contributed by atoms with Gasteiger partial charge >= 0.3 is 0 Å². The number of nitrogen functional groups attached to an aromatic ring is 1. The Hall–Kier alpha value is -2.07. The van der Waals surface area contributed by atoms with Crippen LogP contribution in [0.1, 0.15) is 43.0 Å². The monoisotopic (exact) mass is 343 g/mol. The van der Waals surface area contributed by atoms with Crippen molar-refractivity contribution in [2.75, 3.05) is 12.3 Å². The molecule has 1 aliphatic heterocycles. The number of amides is 1. The van der Waals surface area contributed by atoms with Crippen LogP contribution in [0.2, 0.25) is 5.02 Å². The summed E-state index contributed by atoms with van der Waals surface area (Å²) in [6, 6.07) is 9.79. The molecule has 2 heterocycles. The molecule has 0 saturated carbocycles. The van der Waals surface area contributed by atoms with Crippen LogP contribution >= 0.6 is 11.6 Å². The fourth-order valence-corrected chi connectivity index (χ4v) is 3.51. The number of carbonyl (C=O) groups excluding carboxylic acids is 1. The van der Waals surface area contributed by atoms with Gasteiger partial charge in [0.1, 0.15) is 5.82 Å². The maximum Gasteiger partial charge on any atom is 0.254 e. The number of nitrogens with two attached hydrogens (primary N) is 1. The van der Waals surface area contributed by atoms with E-state index in [0.717, 1.165) is 43.4 Å². The minimum atomic E-state index is 0.113. The Balaban J connectivity index is 1.87. The average Bonchev–Trinajstić information content (AvgIpc) is 3.05. The highest BCUT2D eigenvalue weighted by atomic mass is 35.5. The van der Waals surface area contributed by atoms with Gasteiger partial charge in [-0.3, -0.25) is 4.79 Å². The Bertz CT molecular complexity index is 747. The van der Waals surface area contributed by atoms with Gasteiger partial charge < -0.3 is 10.6 Å². The number of hydrogen-bond acceptors (Lipinski definition) is 3. The highest BCUT2D eigenvalue weighted by molar-refractivity contribution is 6.33. The van der Waals surface area contributed by atoms with Gasteiger partial charge in [0.05, 0.1) is 5.02 Å². The highest BCUT2D eigenvalue weighted by Gasteiger charge is 2.28. The third-order valence-electron chi connectivity index (χ3n) is 4.57. The van der Waals surface area contributed by atoms with Crippen molar-refractivity contribution in [3.8, 4) is 11.1 Å². The summed E-state index contributed by atoms with van der Waals surface area (Å²) in [5, 5.41) is 0.423. The van der Waals surface area contributed by atoms with Gasteiger partial charge in [-0.25, -0.2) is 4.98 Å². The summed E-state index contributed by atoms with van der Waals surface area (Å²) in [5.74, 6) is 0.425. The van der Waals surface area contributed by atoms with E-state index in [4.69, 9.17) is 17.3 Å². The van der Waals surface area contributed by atoms with E-state index >= 15 is 0 Å². The molecular weight excluding hydrogens is 322 g/mol. The number of pyridine rings is 1. The lowest BCUT2D eigenvalue weighted by Gasteiger charge is -2.24. The number of halogens is 1. The molecule has 1 aliphatic rings. The molecule has 1 fully saturated rings. The van der Waals surface area contributed by atoms with Gasteiger partial charge in [0.15, 0.2) is 0 Å².